The number of carbonyl (C=O) groups excluding carboxylic acids is 1. The molecule has 0 spiro atoms. The highest BCUT2D eigenvalue weighted by atomic mass is 19.2. The van der Waals surface area contributed by atoms with Crippen LogP contribution in [-0.2, 0) is 4.79 Å². The van der Waals surface area contributed by atoms with Crippen LogP contribution in [0.15, 0.2) is 18.2 Å². The number of aliphatic carboxylic acids is 1. The predicted octanol–water partition coefficient (Wildman–Crippen LogP) is 2.05. The molecule has 1 aliphatic rings. The van der Waals surface area contributed by atoms with Crippen molar-refractivity contribution in [3.05, 3.63) is 29.8 Å². The lowest BCUT2D eigenvalue weighted by Gasteiger charge is -2.21. The molecule has 1 atom stereocenters. The lowest BCUT2D eigenvalue weighted by molar-refractivity contribution is -0.141. The summed E-state index contributed by atoms with van der Waals surface area (Å²) in [6, 6.07) is 1.45. The number of halogens is 2. The Morgan fingerprint density at radius 1 is 1.32 bits per heavy atom. The van der Waals surface area contributed by atoms with Crippen LogP contribution in [0.25, 0.3) is 0 Å². The quantitative estimate of drug-likeness (QED) is 0.864. The maximum Gasteiger partial charge on any atom is 0.326 e. The van der Waals surface area contributed by atoms with Gasteiger partial charge in [-0.05, 0) is 25.0 Å². The standard InChI is InChI=1S/C12H12F2N2O3/c13-8-4-3-7(6-9(8)14)15-12(19)16-5-1-2-10(16)11(17)18/h3-4,6,10H,1-2,5H2,(H,15,19)(H,17,18)/t10-/m1/s1. The van der Waals surface area contributed by atoms with Gasteiger partial charge in [0.1, 0.15) is 6.04 Å². The SMILES string of the molecule is O=C(O)[C@H]1CCCN1C(=O)Nc1ccc(F)c(F)c1. The summed E-state index contributed by atoms with van der Waals surface area (Å²) in [7, 11) is 0. The van der Waals surface area contributed by atoms with Gasteiger partial charge in [-0.15, -0.1) is 0 Å². The maximum absolute atomic E-state index is 13.0. The number of benzene rings is 1. The second-order valence-electron chi connectivity index (χ2n) is 4.25. The molecule has 19 heavy (non-hydrogen) atoms. The van der Waals surface area contributed by atoms with Gasteiger partial charge >= 0.3 is 12.0 Å². The first-order valence-corrected chi connectivity index (χ1v) is 5.74. The number of anilines is 1. The number of carbonyl (C=O) groups is 2. The van der Waals surface area contributed by atoms with Crippen LogP contribution in [0.3, 0.4) is 0 Å². The van der Waals surface area contributed by atoms with E-state index in [0.717, 1.165) is 12.1 Å². The van der Waals surface area contributed by atoms with Crippen molar-refractivity contribution >= 4 is 17.7 Å². The van der Waals surface area contributed by atoms with Crippen molar-refractivity contribution < 1.29 is 23.5 Å². The van der Waals surface area contributed by atoms with Crippen LogP contribution in [0, 0.1) is 11.6 Å². The Kier molecular flexibility index (Phi) is 3.64. The molecule has 0 bridgehead atoms. The van der Waals surface area contributed by atoms with Crippen LogP contribution >= 0.6 is 0 Å². The van der Waals surface area contributed by atoms with Gasteiger partial charge in [-0.3, -0.25) is 0 Å². The summed E-state index contributed by atoms with van der Waals surface area (Å²) in [4.78, 5) is 24.0. The number of nitrogens with zero attached hydrogens (tertiary/aromatic N) is 1. The normalized spacial score (nSPS) is 18.4. The fourth-order valence-electron chi connectivity index (χ4n) is 2.04. The van der Waals surface area contributed by atoms with Gasteiger partial charge in [0, 0.05) is 18.3 Å². The summed E-state index contributed by atoms with van der Waals surface area (Å²) >= 11 is 0. The lowest BCUT2D eigenvalue weighted by Crippen LogP contribution is -2.42. The fourth-order valence-corrected chi connectivity index (χ4v) is 2.04. The monoisotopic (exact) mass is 270 g/mol. The predicted molar refractivity (Wildman–Crippen MR) is 62.7 cm³/mol. The van der Waals surface area contributed by atoms with Crippen LogP contribution in [0.4, 0.5) is 19.3 Å². The molecule has 1 saturated heterocycles. The number of amides is 2. The zero-order chi connectivity index (χ0) is 14.0. The summed E-state index contributed by atoms with van der Waals surface area (Å²) < 4.78 is 25.7. The first-order chi connectivity index (χ1) is 8.99. The highest BCUT2D eigenvalue weighted by Gasteiger charge is 2.33. The molecule has 2 rings (SSSR count). The summed E-state index contributed by atoms with van der Waals surface area (Å²) in [5, 5.41) is 11.3. The topological polar surface area (TPSA) is 69.6 Å². The minimum Gasteiger partial charge on any atom is -0.480 e. The molecule has 1 aromatic carbocycles. The molecule has 1 aliphatic heterocycles. The number of carboxylic acids is 1. The highest BCUT2D eigenvalue weighted by Crippen LogP contribution is 2.20. The minimum atomic E-state index is -1.07. The molecule has 0 saturated carbocycles. The van der Waals surface area contributed by atoms with E-state index in [1.165, 1.54) is 11.0 Å². The van der Waals surface area contributed by atoms with Crippen molar-refractivity contribution in [2.24, 2.45) is 0 Å². The van der Waals surface area contributed by atoms with Gasteiger partial charge in [0.2, 0.25) is 0 Å². The lowest BCUT2D eigenvalue weighted by atomic mass is 10.2. The molecular formula is C12H12F2N2O3. The van der Waals surface area contributed by atoms with Crippen molar-refractivity contribution in [2.75, 3.05) is 11.9 Å². The molecule has 102 valence electrons. The van der Waals surface area contributed by atoms with Crippen LogP contribution < -0.4 is 5.32 Å². The molecule has 5 nitrogen and oxygen atoms in total. The Labute approximate surface area is 107 Å². The molecule has 1 fully saturated rings. The van der Waals surface area contributed by atoms with Gasteiger partial charge in [-0.25, -0.2) is 18.4 Å². The average molecular weight is 270 g/mol. The Morgan fingerprint density at radius 3 is 2.68 bits per heavy atom. The fraction of sp³-hybridized carbons (Fsp3) is 0.333. The number of rotatable bonds is 2. The summed E-state index contributed by atoms with van der Waals surface area (Å²) in [6.45, 7) is 0.326. The third kappa shape index (κ3) is 2.81. The van der Waals surface area contributed by atoms with Crippen LogP contribution in [0.1, 0.15) is 12.8 Å². The van der Waals surface area contributed by atoms with E-state index in [0.29, 0.717) is 19.4 Å². The van der Waals surface area contributed by atoms with E-state index >= 15 is 0 Å². The number of hydrogen-bond donors (Lipinski definition) is 2. The first kappa shape index (κ1) is 13.3. The Hall–Kier alpha value is -2.18. The molecule has 0 aromatic heterocycles. The Bertz CT molecular complexity index is 522. The molecule has 2 amide bonds. The zero-order valence-electron chi connectivity index (χ0n) is 9.90. The third-order valence-electron chi connectivity index (χ3n) is 2.97. The summed E-state index contributed by atoms with van der Waals surface area (Å²) in [6.07, 6.45) is 0.989. The van der Waals surface area contributed by atoms with E-state index in [1.54, 1.807) is 0 Å². The van der Waals surface area contributed by atoms with E-state index in [2.05, 4.69) is 5.32 Å². The Morgan fingerprint density at radius 2 is 2.05 bits per heavy atom. The smallest absolute Gasteiger partial charge is 0.326 e. The van der Waals surface area contributed by atoms with E-state index < -0.39 is 29.7 Å². The van der Waals surface area contributed by atoms with Crippen molar-refractivity contribution in [1.82, 2.24) is 4.90 Å². The first-order valence-electron chi connectivity index (χ1n) is 5.74. The second kappa shape index (κ2) is 5.21. The number of hydrogen-bond acceptors (Lipinski definition) is 2. The number of urea groups is 1. The van der Waals surface area contributed by atoms with Crippen molar-refractivity contribution in [3.8, 4) is 0 Å². The largest absolute Gasteiger partial charge is 0.480 e. The molecule has 0 radical (unpaired) electrons. The van der Waals surface area contributed by atoms with Gasteiger partial charge in [-0.2, -0.15) is 0 Å². The molecule has 2 N–H and O–H groups in total. The average Bonchev–Trinajstić information content (AvgIpc) is 2.83. The van der Waals surface area contributed by atoms with Gasteiger partial charge in [0.15, 0.2) is 11.6 Å². The molecule has 1 aromatic rings. The zero-order valence-corrected chi connectivity index (χ0v) is 9.90. The third-order valence-corrected chi connectivity index (χ3v) is 2.97. The van der Waals surface area contributed by atoms with Crippen molar-refractivity contribution in [3.63, 3.8) is 0 Å². The van der Waals surface area contributed by atoms with Crippen LogP contribution in [-0.4, -0.2) is 34.6 Å². The van der Waals surface area contributed by atoms with Crippen LogP contribution in [0.5, 0.6) is 0 Å². The number of nitrogens with one attached hydrogen (secondary N) is 1. The summed E-state index contributed by atoms with van der Waals surface area (Å²) in [5.74, 6) is -3.16. The molecule has 0 aliphatic carbocycles. The van der Waals surface area contributed by atoms with Gasteiger partial charge in [0.25, 0.3) is 0 Å². The molecule has 7 heteroatoms. The molecule has 1 heterocycles. The van der Waals surface area contributed by atoms with Crippen molar-refractivity contribution in [1.29, 1.82) is 0 Å². The van der Waals surface area contributed by atoms with Crippen LogP contribution in [0.2, 0.25) is 0 Å². The molecular weight excluding hydrogens is 258 g/mol. The minimum absolute atomic E-state index is 0.0833. The number of carboxylic acid groups (broad SMARTS) is 1. The second-order valence-corrected chi connectivity index (χ2v) is 4.25. The van der Waals surface area contributed by atoms with E-state index in [-0.39, 0.29) is 5.69 Å². The Balaban J connectivity index is 2.08. The van der Waals surface area contributed by atoms with E-state index in [9.17, 15) is 18.4 Å². The van der Waals surface area contributed by atoms with Crippen molar-refractivity contribution in [2.45, 2.75) is 18.9 Å². The van der Waals surface area contributed by atoms with Gasteiger partial charge in [-0.1, -0.05) is 0 Å². The maximum atomic E-state index is 13.0. The highest BCUT2D eigenvalue weighted by molar-refractivity contribution is 5.92. The van der Waals surface area contributed by atoms with Gasteiger partial charge < -0.3 is 15.3 Å². The summed E-state index contributed by atoms with van der Waals surface area (Å²) in [5.41, 5.74) is 0.0833. The van der Waals surface area contributed by atoms with E-state index in [1.807, 2.05) is 0 Å². The van der Waals surface area contributed by atoms with Gasteiger partial charge in [0.05, 0.1) is 0 Å². The van der Waals surface area contributed by atoms with E-state index in [4.69, 9.17) is 5.11 Å². The number of likely N-dealkylation sites (tertiary alicyclic amines) is 1. The molecule has 0 unspecified atom stereocenters.